The van der Waals surface area contributed by atoms with Crippen molar-refractivity contribution in [2.24, 2.45) is 5.73 Å². The zero-order valence-electron chi connectivity index (χ0n) is 18.4. The minimum Gasteiger partial charge on any atom is -0.445 e. The van der Waals surface area contributed by atoms with Gasteiger partial charge >= 0.3 is 6.09 Å². The first-order valence-electron chi connectivity index (χ1n) is 10.6. The second-order valence-corrected chi connectivity index (χ2v) is 9.25. The molecular formula is C25H28N2O5S. The Labute approximate surface area is 194 Å². The van der Waals surface area contributed by atoms with Crippen molar-refractivity contribution in [2.75, 3.05) is 6.54 Å². The van der Waals surface area contributed by atoms with Gasteiger partial charge in [-0.15, -0.1) is 0 Å². The van der Waals surface area contributed by atoms with Crippen LogP contribution >= 0.6 is 0 Å². The van der Waals surface area contributed by atoms with Crippen LogP contribution in [0.1, 0.15) is 29.2 Å². The molecule has 0 bridgehead atoms. The quantitative estimate of drug-likeness (QED) is 0.551. The summed E-state index contributed by atoms with van der Waals surface area (Å²) in [5.74, 6) is 0. The maximum Gasteiger partial charge on any atom is 0.410 e. The van der Waals surface area contributed by atoms with Crippen LogP contribution in [0, 0.1) is 6.92 Å². The number of nitrogens with two attached hydrogens (primary N) is 1. The van der Waals surface area contributed by atoms with Gasteiger partial charge in [0.05, 0.1) is 10.9 Å². The number of benzene rings is 3. The molecule has 3 aromatic rings. The molecule has 0 radical (unpaired) electrons. The summed E-state index contributed by atoms with van der Waals surface area (Å²) in [6, 6.07) is 25.4. The van der Waals surface area contributed by atoms with Crippen LogP contribution in [0.15, 0.2) is 89.8 Å². The summed E-state index contributed by atoms with van der Waals surface area (Å²) >= 11 is 0. The van der Waals surface area contributed by atoms with E-state index in [1.54, 1.807) is 17.0 Å². The third-order valence-corrected chi connectivity index (χ3v) is 6.21. The molecule has 174 valence electrons. The Morgan fingerprint density at radius 3 is 2.15 bits per heavy atom. The van der Waals surface area contributed by atoms with E-state index >= 15 is 0 Å². The van der Waals surface area contributed by atoms with Crippen molar-refractivity contribution >= 4 is 16.2 Å². The Kier molecular flexibility index (Phi) is 8.21. The van der Waals surface area contributed by atoms with Gasteiger partial charge in [0.2, 0.25) is 0 Å². The highest BCUT2D eigenvalue weighted by molar-refractivity contribution is 7.85. The van der Waals surface area contributed by atoms with Crippen LogP contribution < -0.4 is 5.73 Å². The molecule has 3 N–H and O–H groups in total. The monoisotopic (exact) mass is 468 g/mol. The topological polar surface area (TPSA) is 110 Å². The van der Waals surface area contributed by atoms with Crippen molar-refractivity contribution in [2.45, 2.75) is 36.9 Å². The lowest BCUT2D eigenvalue weighted by Gasteiger charge is -2.26. The minimum absolute atomic E-state index is 0.0494. The predicted molar refractivity (Wildman–Crippen MR) is 126 cm³/mol. The summed E-state index contributed by atoms with van der Waals surface area (Å²) in [7, 11) is -4.02. The highest BCUT2D eigenvalue weighted by Gasteiger charge is 2.36. The number of carbonyl (C=O) groups excluding carboxylic acids is 1. The van der Waals surface area contributed by atoms with E-state index in [-0.39, 0.29) is 29.7 Å². The second kappa shape index (κ2) is 11.1. The lowest BCUT2D eigenvalue weighted by molar-refractivity contribution is 0.0908. The van der Waals surface area contributed by atoms with Crippen LogP contribution in [0.3, 0.4) is 0 Å². The van der Waals surface area contributed by atoms with Gasteiger partial charge < -0.3 is 10.5 Å². The zero-order valence-corrected chi connectivity index (χ0v) is 19.2. The van der Waals surface area contributed by atoms with Gasteiger partial charge in [0.1, 0.15) is 6.61 Å². The number of likely N-dealkylation sites (tertiary alicyclic amines) is 1. The SMILES string of the molecule is Cc1ccc(S(=O)(=O)O)cc1.N[C@@H]1CCN(C(=O)OCc2ccccc2)[C@@H]1c1ccccc1. The Bertz CT molecular complexity index is 1140. The van der Waals surface area contributed by atoms with E-state index in [0.717, 1.165) is 23.1 Å². The fourth-order valence-electron chi connectivity index (χ4n) is 3.61. The molecule has 0 saturated carbocycles. The Balaban J connectivity index is 0.000000235. The predicted octanol–water partition coefficient (Wildman–Crippen LogP) is 4.34. The Morgan fingerprint density at radius 1 is 1.00 bits per heavy atom. The van der Waals surface area contributed by atoms with Gasteiger partial charge in [-0.3, -0.25) is 9.45 Å². The molecule has 3 aromatic carbocycles. The van der Waals surface area contributed by atoms with Crippen LogP contribution in [0.25, 0.3) is 0 Å². The Hall–Kier alpha value is -3.20. The molecule has 8 heteroatoms. The molecule has 1 fully saturated rings. The van der Waals surface area contributed by atoms with Gasteiger partial charge in [-0.25, -0.2) is 4.79 Å². The maximum atomic E-state index is 12.4. The molecule has 0 aromatic heterocycles. The standard InChI is InChI=1S/C18H20N2O2.C7H8O3S/c19-16-11-12-20(17(16)15-9-5-2-6-10-15)18(21)22-13-14-7-3-1-4-8-14;1-6-2-4-7(5-3-6)11(8,9)10/h1-10,16-17H,11-13,19H2;2-5H,1H3,(H,8,9,10)/t16-,17-;/m1./s1. The van der Waals surface area contributed by atoms with E-state index in [1.807, 2.05) is 67.6 Å². The average Bonchev–Trinajstić information content (AvgIpc) is 3.20. The molecule has 0 unspecified atom stereocenters. The fraction of sp³-hybridized carbons (Fsp3) is 0.240. The molecular weight excluding hydrogens is 440 g/mol. The van der Waals surface area contributed by atoms with E-state index in [1.165, 1.54) is 12.1 Å². The van der Waals surface area contributed by atoms with Gasteiger partial charge in [-0.05, 0) is 36.6 Å². The van der Waals surface area contributed by atoms with E-state index in [0.29, 0.717) is 6.54 Å². The van der Waals surface area contributed by atoms with Gasteiger partial charge in [0.25, 0.3) is 10.1 Å². The highest BCUT2D eigenvalue weighted by Crippen LogP contribution is 2.31. The lowest BCUT2D eigenvalue weighted by atomic mass is 10.0. The van der Waals surface area contributed by atoms with Gasteiger partial charge in [-0.2, -0.15) is 8.42 Å². The molecule has 1 aliphatic heterocycles. The molecule has 1 amide bonds. The average molecular weight is 469 g/mol. The second-order valence-electron chi connectivity index (χ2n) is 7.83. The largest absolute Gasteiger partial charge is 0.445 e. The molecule has 1 heterocycles. The van der Waals surface area contributed by atoms with Gasteiger partial charge in [0.15, 0.2) is 0 Å². The van der Waals surface area contributed by atoms with Crippen molar-refractivity contribution in [3.63, 3.8) is 0 Å². The summed E-state index contributed by atoms with van der Waals surface area (Å²) in [6.45, 7) is 2.76. The maximum absolute atomic E-state index is 12.4. The number of hydrogen-bond acceptors (Lipinski definition) is 5. The molecule has 1 saturated heterocycles. The first-order chi connectivity index (χ1) is 15.8. The van der Waals surface area contributed by atoms with Gasteiger partial charge in [0, 0.05) is 12.6 Å². The summed E-state index contributed by atoms with van der Waals surface area (Å²) < 4.78 is 35.0. The number of hydrogen-bond donors (Lipinski definition) is 2. The highest BCUT2D eigenvalue weighted by atomic mass is 32.2. The normalized spacial score (nSPS) is 17.7. The Morgan fingerprint density at radius 2 is 1.58 bits per heavy atom. The third-order valence-electron chi connectivity index (χ3n) is 5.34. The van der Waals surface area contributed by atoms with Crippen molar-refractivity contribution in [1.82, 2.24) is 4.90 Å². The smallest absolute Gasteiger partial charge is 0.410 e. The number of amides is 1. The summed E-state index contributed by atoms with van der Waals surface area (Å²) in [4.78, 5) is 14.1. The van der Waals surface area contributed by atoms with Crippen LogP contribution in [0.4, 0.5) is 4.79 Å². The minimum atomic E-state index is -4.02. The summed E-state index contributed by atoms with van der Waals surface area (Å²) in [6.07, 6.45) is 0.491. The van der Waals surface area contributed by atoms with E-state index in [9.17, 15) is 13.2 Å². The molecule has 33 heavy (non-hydrogen) atoms. The van der Waals surface area contributed by atoms with E-state index < -0.39 is 10.1 Å². The van der Waals surface area contributed by atoms with Crippen molar-refractivity contribution in [1.29, 1.82) is 0 Å². The molecule has 7 nitrogen and oxygen atoms in total. The molecule has 0 spiro atoms. The summed E-state index contributed by atoms with van der Waals surface area (Å²) in [5, 5.41) is 0. The van der Waals surface area contributed by atoms with E-state index in [2.05, 4.69) is 0 Å². The molecule has 4 rings (SSSR count). The number of ether oxygens (including phenoxy) is 1. The lowest BCUT2D eigenvalue weighted by Crippen LogP contribution is -2.36. The number of rotatable bonds is 4. The third kappa shape index (κ3) is 6.89. The molecule has 1 aliphatic rings. The van der Waals surface area contributed by atoms with Crippen LogP contribution in [0.5, 0.6) is 0 Å². The van der Waals surface area contributed by atoms with Crippen molar-refractivity contribution in [3.8, 4) is 0 Å². The number of aryl methyl sites for hydroxylation is 1. The van der Waals surface area contributed by atoms with E-state index in [4.69, 9.17) is 15.0 Å². The fourth-order valence-corrected chi connectivity index (χ4v) is 4.09. The van der Waals surface area contributed by atoms with Crippen molar-refractivity contribution < 1.29 is 22.5 Å². The van der Waals surface area contributed by atoms with Crippen LogP contribution in [-0.2, 0) is 21.5 Å². The van der Waals surface area contributed by atoms with Crippen LogP contribution in [0.2, 0.25) is 0 Å². The summed E-state index contributed by atoms with van der Waals surface area (Å²) in [5.41, 5.74) is 9.19. The molecule has 0 aliphatic carbocycles. The first kappa shape index (κ1) is 24.4. The number of carbonyl (C=O) groups is 1. The number of nitrogens with zero attached hydrogens (tertiary/aromatic N) is 1. The van der Waals surface area contributed by atoms with Crippen molar-refractivity contribution in [3.05, 3.63) is 102 Å². The molecule has 2 atom stereocenters. The van der Waals surface area contributed by atoms with Gasteiger partial charge in [-0.1, -0.05) is 78.4 Å². The first-order valence-corrected chi connectivity index (χ1v) is 12.0. The zero-order chi connectivity index (χ0) is 23.8. The van der Waals surface area contributed by atoms with Crippen LogP contribution in [-0.4, -0.2) is 36.6 Å².